The van der Waals surface area contributed by atoms with E-state index < -0.39 is 10.7 Å². The van der Waals surface area contributed by atoms with E-state index in [0.29, 0.717) is 15.6 Å². The lowest BCUT2D eigenvalue weighted by atomic mass is 10.2. The lowest BCUT2D eigenvalue weighted by molar-refractivity contribution is -0.384. The van der Waals surface area contributed by atoms with Gasteiger partial charge in [-0.05, 0) is 24.3 Å². The maximum absolute atomic E-state index is 13.0. The van der Waals surface area contributed by atoms with E-state index in [4.69, 9.17) is 23.2 Å². The first-order chi connectivity index (χ1) is 9.49. The molecule has 0 atom stereocenters. The van der Waals surface area contributed by atoms with Crippen LogP contribution in [-0.2, 0) is 6.54 Å². The van der Waals surface area contributed by atoms with Crippen molar-refractivity contribution in [1.29, 1.82) is 0 Å². The molecular formula is C13H9Cl2FN2O2. The van der Waals surface area contributed by atoms with Crippen molar-refractivity contribution in [3.63, 3.8) is 0 Å². The summed E-state index contributed by atoms with van der Waals surface area (Å²) in [6, 6.07) is 8.35. The Morgan fingerprint density at radius 2 is 1.85 bits per heavy atom. The number of hydrogen-bond donors (Lipinski definition) is 1. The molecule has 0 aliphatic rings. The Bertz CT molecular complexity index is 645. The van der Waals surface area contributed by atoms with E-state index in [-0.39, 0.29) is 17.9 Å². The Kier molecular flexibility index (Phi) is 4.42. The number of hydrogen-bond acceptors (Lipinski definition) is 3. The van der Waals surface area contributed by atoms with Gasteiger partial charge in [0, 0.05) is 22.2 Å². The van der Waals surface area contributed by atoms with E-state index in [2.05, 4.69) is 5.32 Å². The number of halogens is 3. The van der Waals surface area contributed by atoms with Gasteiger partial charge in [-0.1, -0.05) is 29.3 Å². The first-order valence-corrected chi connectivity index (χ1v) is 6.35. The van der Waals surface area contributed by atoms with Crippen molar-refractivity contribution in [3.05, 3.63) is 67.9 Å². The summed E-state index contributed by atoms with van der Waals surface area (Å²) >= 11 is 12.0. The topological polar surface area (TPSA) is 55.2 Å². The van der Waals surface area contributed by atoms with Gasteiger partial charge in [0.15, 0.2) is 0 Å². The quantitative estimate of drug-likeness (QED) is 0.660. The Morgan fingerprint density at radius 1 is 1.20 bits per heavy atom. The molecule has 0 unspecified atom stereocenters. The van der Waals surface area contributed by atoms with Crippen LogP contribution in [0, 0.1) is 15.9 Å². The normalized spacial score (nSPS) is 10.3. The Balaban J connectivity index is 2.25. The molecule has 0 radical (unpaired) electrons. The monoisotopic (exact) mass is 314 g/mol. The Morgan fingerprint density at radius 3 is 2.45 bits per heavy atom. The third kappa shape index (κ3) is 3.18. The number of nitrogens with one attached hydrogen (secondary N) is 1. The number of benzene rings is 2. The van der Waals surface area contributed by atoms with Crippen LogP contribution in [-0.4, -0.2) is 4.92 Å². The molecule has 0 saturated heterocycles. The van der Waals surface area contributed by atoms with Gasteiger partial charge in [0.25, 0.3) is 5.69 Å². The van der Waals surface area contributed by atoms with Crippen molar-refractivity contribution in [2.45, 2.75) is 6.54 Å². The van der Waals surface area contributed by atoms with Gasteiger partial charge in [-0.3, -0.25) is 10.1 Å². The second kappa shape index (κ2) is 6.07. The number of nitro benzene ring substituents is 1. The third-order valence-corrected chi connectivity index (χ3v) is 3.38. The van der Waals surface area contributed by atoms with E-state index in [1.807, 2.05) is 0 Å². The molecule has 7 heteroatoms. The highest BCUT2D eigenvalue weighted by molar-refractivity contribution is 6.36. The van der Waals surface area contributed by atoms with Gasteiger partial charge in [0.1, 0.15) is 11.5 Å². The second-order valence-electron chi connectivity index (χ2n) is 3.97. The third-order valence-electron chi connectivity index (χ3n) is 2.67. The average molecular weight is 315 g/mol. The van der Waals surface area contributed by atoms with Crippen LogP contribution >= 0.6 is 23.2 Å². The van der Waals surface area contributed by atoms with E-state index >= 15 is 0 Å². The van der Waals surface area contributed by atoms with Gasteiger partial charge in [-0.25, -0.2) is 4.39 Å². The fraction of sp³-hybridized carbons (Fsp3) is 0.0769. The van der Waals surface area contributed by atoms with Gasteiger partial charge >= 0.3 is 0 Å². The molecule has 0 saturated carbocycles. The molecule has 0 aliphatic heterocycles. The first kappa shape index (κ1) is 14.6. The Hall–Kier alpha value is -1.85. The summed E-state index contributed by atoms with van der Waals surface area (Å²) < 4.78 is 13.0. The van der Waals surface area contributed by atoms with Gasteiger partial charge in [-0.15, -0.1) is 0 Å². The van der Waals surface area contributed by atoms with Crippen LogP contribution in [0.3, 0.4) is 0 Å². The lowest BCUT2D eigenvalue weighted by Gasteiger charge is -2.10. The van der Waals surface area contributed by atoms with E-state index in [1.54, 1.807) is 18.2 Å². The molecule has 104 valence electrons. The second-order valence-corrected chi connectivity index (χ2v) is 4.79. The summed E-state index contributed by atoms with van der Waals surface area (Å²) in [5.74, 6) is -0.668. The maximum atomic E-state index is 13.0. The number of rotatable bonds is 4. The van der Waals surface area contributed by atoms with Crippen molar-refractivity contribution in [2.75, 3.05) is 5.32 Å². The molecule has 0 fully saturated rings. The summed E-state index contributed by atoms with van der Waals surface area (Å²) in [4.78, 5) is 10.2. The summed E-state index contributed by atoms with van der Waals surface area (Å²) in [5.41, 5.74) is 0.481. The zero-order chi connectivity index (χ0) is 14.7. The zero-order valence-electron chi connectivity index (χ0n) is 10.1. The summed E-state index contributed by atoms with van der Waals surface area (Å²) in [7, 11) is 0. The van der Waals surface area contributed by atoms with Crippen LogP contribution in [0.25, 0.3) is 0 Å². The molecule has 4 nitrogen and oxygen atoms in total. The fourth-order valence-corrected chi connectivity index (χ4v) is 2.22. The maximum Gasteiger partial charge on any atom is 0.295 e. The highest BCUT2D eigenvalue weighted by Crippen LogP contribution is 2.28. The van der Waals surface area contributed by atoms with Crippen LogP contribution in [0.5, 0.6) is 0 Å². The highest BCUT2D eigenvalue weighted by Gasteiger charge is 2.15. The van der Waals surface area contributed by atoms with Crippen molar-refractivity contribution < 1.29 is 9.31 Å². The molecule has 2 aromatic rings. The summed E-state index contributed by atoms with van der Waals surface area (Å²) in [5, 5.41) is 14.6. The van der Waals surface area contributed by atoms with Crippen LogP contribution in [0.2, 0.25) is 10.0 Å². The minimum Gasteiger partial charge on any atom is -0.375 e. The molecular weight excluding hydrogens is 306 g/mol. The Labute approximate surface area is 124 Å². The van der Waals surface area contributed by atoms with Crippen LogP contribution in [0.1, 0.15) is 5.56 Å². The van der Waals surface area contributed by atoms with Gasteiger partial charge in [0.05, 0.1) is 11.0 Å². The molecule has 1 N–H and O–H groups in total. The predicted octanol–water partition coefficient (Wildman–Crippen LogP) is 4.65. The molecule has 0 amide bonds. The minimum atomic E-state index is -0.668. The molecule has 0 aromatic heterocycles. The molecule has 0 heterocycles. The molecule has 20 heavy (non-hydrogen) atoms. The summed E-state index contributed by atoms with van der Waals surface area (Å²) in [6.45, 7) is 0.199. The van der Waals surface area contributed by atoms with Gasteiger partial charge < -0.3 is 5.32 Å². The summed E-state index contributed by atoms with van der Waals surface area (Å²) in [6.07, 6.45) is 0. The molecule has 0 bridgehead atoms. The minimum absolute atomic E-state index is 0.199. The molecule has 0 aliphatic carbocycles. The largest absolute Gasteiger partial charge is 0.375 e. The van der Waals surface area contributed by atoms with E-state index in [1.165, 1.54) is 6.07 Å². The number of anilines is 1. The van der Waals surface area contributed by atoms with Crippen molar-refractivity contribution in [1.82, 2.24) is 0 Å². The van der Waals surface area contributed by atoms with Crippen LogP contribution in [0.4, 0.5) is 15.8 Å². The zero-order valence-corrected chi connectivity index (χ0v) is 11.6. The highest BCUT2D eigenvalue weighted by atomic mass is 35.5. The average Bonchev–Trinajstić information content (AvgIpc) is 2.39. The van der Waals surface area contributed by atoms with Crippen molar-refractivity contribution in [2.24, 2.45) is 0 Å². The van der Waals surface area contributed by atoms with Crippen LogP contribution < -0.4 is 5.32 Å². The van der Waals surface area contributed by atoms with Crippen molar-refractivity contribution in [3.8, 4) is 0 Å². The number of nitrogens with zero attached hydrogens (tertiary/aromatic N) is 1. The number of nitro groups is 1. The first-order valence-electron chi connectivity index (χ1n) is 5.59. The molecule has 2 aromatic carbocycles. The standard InChI is InChI=1S/C13H9Cl2FN2O2/c14-10-2-1-3-11(15)9(10)7-17-12-5-4-8(16)6-13(12)18(19)20/h1-6,17H,7H2. The van der Waals surface area contributed by atoms with Crippen molar-refractivity contribution >= 4 is 34.6 Å². The van der Waals surface area contributed by atoms with Crippen LogP contribution in [0.15, 0.2) is 36.4 Å². The smallest absolute Gasteiger partial charge is 0.295 e. The van der Waals surface area contributed by atoms with E-state index in [9.17, 15) is 14.5 Å². The molecule has 2 rings (SSSR count). The van der Waals surface area contributed by atoms with Gasteiger partial charge in [0.2, 0.25) is 0 Å². The van der Waals surface area contributed by atoms with E-state index in [0.717, 1.165) is 12.1 Å². The lowest BCUT2D eigenvalue weighted by Crippen LogP contribution is -2.04. The molecule has 0 spiro atoms. The van der Waals surface area contributed by atoms with Gasteiger partial charge in [-0.2, -0.15) is 0 Å². The predicted molar refractivity (Wildman–Crippen MR) is 76.8 cm³/mol. The fourth-order valence-electron chi connectivity index (χ4n) is 1.69. The SMILES string of the molecule is O=[N+]([O-])c1cc(F)ccc1NCc1c(Cl)cccc1Cl.